The van der Waals surface area contributed by atoms with Crippen LogP contribution in [0, 0.1) is 5.53 Å². The van der Waals surface area contributed by atoms with Crippen LogP contribution in [0.5, 0.6) is 0 Å². The SMILES string of the molecule is CN(c1ccc(C(N)=O)c(N=N)c1)C(C)(C)C. The molecule has 1 rings (SSSR count). The summed E-state index contributed by atoms with van der Waals surface area (Å²) in [5.41, 5.74) is 13.7. The number of hydrogen-bond acceptors (Lipinski definition) is 4. The predicted molar refractivity (Wildman–Crippen MR) is 67.9 cm³/mol. The molecule has 0 unspecified atom stereocenters. The van der Waals surface area contributed by atoms with Crippen LogP contribution in [0.25, 0.3) is 0 Å². The van der Waals surface area contributed by atoms with Gasteiger partial charge < -0.3 is 10.6 Å². The van der Waals surface area contributed by atoms with Gasteiger partial charge in [0, 0.05) is 18.3 Å². The third-order valence-electron chi connectivity index (χ3n) is 2.76. The van der Waals surface area contributed by atoms with E-state index >= 15 is 0 Å². The Balaban J connectivity index is 3.23. The largest absolute Gasteiger partial charge is 0.370 e. The molecule has 0 radical (unpaired) electrons. The van der Waals surface area contributed by atoms with Crippen LogP contribution >= 0.6 is 0 Å². The van der Waals surface area contributed by atoms with Crippen molar-refractivity contribution in [1.29, 1.82) is 5.53 Å². The summed E-state index contributed by atoms with van der Waals surface area (Å²) in [4.78, 5) is 13.2. The molecule has 0 bridgehead atoms. The fourth-order valence-corrected chi connectivity index (χ4v) is 1.42. The van der Waals surface area contributed by atoms with Crippen molar-refractivity contribution in [2.75, 3.05) is 11.9 Å². The second kappa shape index (κ2) is 4.53. The minimum absolute atomic E-state index is 0.0481. The van der Waals surface area contributed by atoms with Crippen molar-refractivity contribution in [3.63, 3.8) is 0 Å². The van der Waals surface area contributed by atoms with Crippen LogP contribution in [0.3, 0.4) is 0 Å². The zero-order valence-corrected chi connectivity index (χ0v) is 10.6. The molecule has 5 heteroatoms. The van der Waals surface area contributed by atoms with Gasteiger partial charge in [0.25, 0.3) is 5.91 Å². The third-order valence-corrected chi connectivity index (χ3v) is 2.76. The maximum absolute atomic E-state index is 11.1. The highest BCUT2D eigenvalue weighted by Gasteiger charge is 2.19. The van der Waals surface area contributed by atoms with Gasteiger partial charge in [-0.3, -0.25) is 4.79 Å². The van der Waals surface area contributed by atoms with Gasteiger partial charge in [-0.15, -0.1) is 0 Å². The standard InChI is InChI=1S/C12H18N4O/c1-12(2,3)16(4)8-5-6-9(11(13)17)10(7-8)15-14/h5-7,14H,1-4H3,(H2,13,17). The van der Waals surface area contributed by atoms with Gasteiger partial charge >= 0.3 is 0 Å². The quantitative estimate of drug-likeness (QED) is 0.788. The molecule has 1 amide bonds. The summed E-state index contributed by atoms with van der Waals surface area (Å²) in [6.07, 6.45) is 0. The highest BCUT2D eigenvalue weighted by molar-refractivity contribution is 5.98. The van der Waals surface area contributed by atoms with E-state index < -0.39 is 5.91 Å². The Kier molecular flexibility index (Phi) is 3.50. The van der Waals surface area contributed by atoms with E-state index in [0.717, 1.165) is 5.69 Å². The maximum atomic E-state index is 11.1. The van der Waals surface area contributed by atoms with Crippen LogP contribution in [0.1, 0.15) is 31.1 Å². The predicted octanol–water partition coefficient (Wildman–Crippen LogP) is 2.68. The lowest BCUT2D eigenvalue weighted by atomic mass is 10.0. The van der Waals surface area contributed by atoms with E-state index in [1.807, 2.05) is 11.9 Å². The van der Waals surface area contributed by atoms with Crippen LogP contribution < -0.4 is 10.6 Å². The average Bonchev–Trinajstić information content (AvgIpc) is 2.25. The summed E-state index contributed by atoms with van der Waals surface area (Å²) in [6, 6.07) is 5.10. The Bertz CT molecular complexity index is 448. The van der Waals surface area contributed by atoms with Crippen LogP contribution in [0.2, 0.25) is 0 Å². The normalized spacial score (nSPS) is 11.1. The molecular formula is C12H18N4O. The topological polar surface area (TPSA) is 82.5 Å². The van der Waals surface area contributed by atoms with Crippen molar-refractivity contribution in [1.82, 2.24) is 0 Å². The summed E-state index contributed by atoms with van der Waals surface area (Å²) < 4.78 is 0. The van der Waals surface area contributed by atoms with E-state index in [-0.39, 0.29) is 11.1 Å². The molecule has 0 aliphatic rings. The fraction of sp³-hybridized carbons (Fsp3) is 0.417. The molecular weight excluding hydrogens is 216 g/mol. The molecule has 17 heavy (non-hydrogen) atoms. The molecule has 0 saturated heterocycles. The Hall–Kier alpha value is -1.91. The number of hydrogen-bond donors (Lipinski definition) is 2. The van der Waals surface area contributed by atoms with Crippen molar-refractivity contribution in [3.8, 4) is 0 Å². The van der Waals surface area contributed by atoms with Gasteiger partial charge in [0.1, 0.15) is 0 Å². The van der Waals surface area contributed by atoms with Gasteiger partial charge in [-0.25, -0.2) is 5.53 Å². The maximum Gasteiger partial charge on any atom is 0.250 e. The van der Waals surface area contributed by atoms with Crippen molar-refractivity contribution < 1.29 is 4.79 Å². The van der Waals surface area contributed by atoms with Crippen molar-refractivity contribution >= 4 is 17.3 Å². The number of anilines is 1. The lowest BCUT2D eigenvalue weighted by Crippen LogP contribution is -2.38. The van der Waals surface area contributed by atoms with Gasteiger partial charge in [-0.1, -0.05) is 0 Å². The number of carbonyl (C=O) groups excluding carboxylic acids is 1. The van der Waals surface area contributed by atoms with E-state index in [1.54, 1.807) is 18.2 Å². The van der Waals surface area contributed by atoms with Crippen LogP contribution in [-0.4, -0.2) is 18.5 Å². The summed E-state index contributed by atoms with van der Waals surface area (Å²) in [5, 5.41) is 3.34. The monoisotopic (exact) mass is 234 g/mol. The molecule has 92 valence electrons. The lowest BCUT2D eigenvalue weighted by Gasteiger charge is -2.34. The first-order valence-corrected chi connectivity index (χ1v) is 5.32. The smallest absolute Gasteiger partial charge is 0.250 e. The number of amides is 1. The second-order valence-corrected chi connectivity index (χ2v) is 4.91. The Morgan fingerprint density at radius 3 is 2.41 bits per heavy atom. The molecule has 5 nitrogen and oxygen atoms in total. The number of carbonyl (C=O) groups is 1. The van der Waals surface area contributed by atoms with Gasteiger partial charge in [-0.2, -0.15) is 5.11 Å². The fourth-order valence-electron chi connectivity index (χ4n) is 1.42. The Morgan fingerprint density at radius 1 is 1.41 bits per heavy atom. The number of benzene rings is 1. The lowest BCUT2D eigenvalue weighted by molar-refractivity contribution is 0.100. The molecule has 0 saturated carbocycles. The first-order valence-electron chi connectivity index (χ1n) is 5.32. The van der Waals surface area contributed by atoms with Gasteiger partial charge in [0.2, 0.25) is 0 Å². The summed E-state index contributed by atoms with van der Waals surface area (Å²) in [5.74, 6) is -0.569. The number of primary amides is 1. The molecule has 0 aliphatic carbocycles. The molecule has 1 aromatic carbocycles. The molecule has 0 spiro atoms. The average molecular weight is 234 g/mol. The summed E-state index contributed by atoms with van der Waals surface area (Å²) >= 11 is 0. The minimum Gasteiger partial charge on any atom is -0.370 e. The van der Waals surface area contributed by atoms with E-state index in [0.29, 0.717) is 5.69 Å². The highest BCUT2D eigenvalue weighted by Crippen LogP contribution is 2.28. The first-order chi connectivity index (χ1) is 7.77. The van der Waals surface area contributed by atoms with Crippen LogP contribution in [-0.2, 0) is 0 Å². The van der Waals surface area contributed by atoms with Gasteiger partial charge in [-0.05, 0) is 39.0 Å². The zero-order chi connectivity index (χ0) is 13.2. The Labute approximate surface area is 101 Å². The van der Waals surface area contributed by atoms with Crippen LogP contribution in [0.4, 0.5) is 11.4 Å². The number of nitrogens with one attached hydrogen (secondary N) is 1. The van der Waals surface area contributed by atoms with Crippen molar-refractivity contribution in [2.45, 2.75) is 26.3 Å². The first kappa shape index (κ1) is 13.2. The van der Waals surface area contributed by atoms with E-state index in [9.17, 15) is 4.79 Å². The molecule has 0 aliphatic heterocycles. The van der Waals surface area contributed by atoms with Gasteiger partial charge in [0.05, 0.1) is 11.3 Å². The number of rotatable bonds is 3. The van der Waals surface area contributed by atoms with E-state index in [4.69, 9.17) is 11.3 Å². The molecule has 0 fully saturated rings. The molecule has 1 aromatic rings. The highest BCUT2D eigenvalue weighted by atomic mass is 16.1. The third kappa shape index (κ3) is 2.81. The van der Waals surface area contributed by atoms with Crippen molar-refractivity contribution in [3.05, 3.63) is 23.8 Å². The summed E-state index contributed by atoms with van der Waals surface area (Å²) in [7, 11) is 1.95. The zero-order valence-electron chi connectivity index (χ0n) is 10.6. The van der Waals surface area contributed by atoms with E-state index in [2.05, 4.69) is 25.9 Å². The van der Waals surface area contributed by atoms with E-state index in [1.165, 1.54) is 0 Å². The molecule has 3 N–H and O–H groups in total. The van der Waals surface area contributed by atoms with Crippen molar-refractivity contribution in [2.24, 2.45) is 10.8 Å². The minimum atomic E-state index is -0.569. The molecule has 0 atom stereocenters. The van der Waals surface area contributed by atoms with Gasteiger partial charge in [0.15, 0.2) is 0 Å². The van der Waals surface area contributed by atoms with Crippen LogP contribution in [0.15, 0.2) is 23.3 Å². The molecule has 0 aromatic heterocycles. The number of nitrogens with two attached hydrogens (primary N) is 1. The second-order valence-electron chi connectivity index (χ2n) is 4.91. The Morgan fingerprint density at radius 2 is 2.00 bits per heavy atom. The molecule has 0 heterocycles. The number of nitrogens with zero attached hydrogens (tertiary/aromatic N) is 2. The summed E-state index contributed by atoms with van der Waals surface area (Å²) in [6.45, 7) is 6.23.